The molecule has 2 aliphatic heterocycles. The Morgan fingerprint density at radius 3 is 2.68 bits per heavy atom. The highest BCUT2D eigenvalue weighted by Gasteiger charge is 2.28. The van der Waals surface area contributed by atoms with Crippen LogP contribution >= 0.6 is 22.9 Å². The molecule has 6 rings (SSSR count). The number of rotatable bonds is 6. The van der Waals surface area contributed by atoms with Crippen LogP contribution in [0.4, 0.5) is 19.7 Å². The van der Waals surface area contributed by atoms with Gasteiger partial charge in [-0.1, -0.05) is 29.5 Å². The third-order valence-corrected chi connectivity index (χ3v) is 8.96. The van der Waals surface area contributed by atoms with E-state index in [4.69, 9.17) is 27.1 Å². The first-order valence-electron chi connectivity index (χ1n) is 13.3. The average molecular weight is 600 g/mol. The number of benzene rings is 2. The number of anilines is 2. The second-order valence-electron chi connectivity index (χ2n) is 10.2. The Morgan fingerprint density at radius 2 is 1.98 bits per heavy atom. The van der Waals surface area contributed by atoms with E-state index >= 15 is 4.39 Å². The molecular formula is C28H28ClF2N7O2S. The van der Waals surface area contributed by atoms with Crippen molar-refractivity contribution in [1.82, 2.24) is 24.8 Å². The molecule has 0 unspecified atom stereocenters. The van der Waals surface area contributed by atoms with Crippen LogP contribution in [0.3, 0.4) is 0 Å². The zero-order valence-corrected chi connectivity index (χ0v) is 23.9. The number of nitrogens with zero attached hydrogens (tertiary/aromatic N) is 6. The highest BCUT2D eigenvalue weighted by molar-refractivity contribution is 7.22. The summed E-state index contributed by atoms with van der Waals surface area (Å²) < 4.78 is 37.3. The summed E-state index contributed by atoms with van der Waals surface area (Å²) >= 11 is 7.71. The van der Waals surface area contributed by atoms with Gasteiger partial charge < -0.3 is 25.2 Å². The quantitative estimate of drug-likeness (QED) is 0.318. The molecule has 2 aliphatic rings. The molecule has 4 heterocycles. The lowest BCUT2D eigenvalue weighted by molar-refractivity contribution is -0.126. The van der Waals surface area contributed by atoms with Gasteiger partial charge in [0.15, 0.2) is 10.9 Å². The van der Waals surface area contributed by atoms with Crippen molar-refractivity contribution in [1.29, 1.82) is 0 Å². The van der Waals surface area contributed by atoms with E-state index in [-0.39, 0.29) is 49.4 Å². The first-order valence-corrected chi connectivity index (χ1v) is 14.5. The predicted octanol–water partition coefficient (Wildman–Crippen LogP) is 4.73. The van der Waals surface area contributed by atoms with E-state index in [1.807, 2.05) is 11.9 Å². The number of hydrogen-bond donors (Lipinski definition) is 1. The summed E-state index contributed by atoms with van der Waals surface area (Å²) in [5, 5.41) is 0.664. The molecule has 0 spiro atoms. The fourth-order valence-corrected chi connectivity index (χ4v) is 6.59. The first kappa shape index (κ1) is 27.6. The second kappa shape index (κ2) is 11.0. The van der Waals surface area contributed by atoms with Crippen molar-refractivity contribution in [2.45, 2.75) is 18.9 Å². The van der Waals surface area contributed by atoms with Gasteiger partial charge in [0.2, 0.25) is 5.91 Å². The predicted molar refractivity (Wildman–Crippen MR) is 158 cm³/mol. The Hall–Kier alpha value is -3.61. The van der Waals surface area contributed by atoms with Gasteiger partial charge in [0.25, 0.3) is 0 Å². The lowest BCUT2D eigenvalue weighted by Gasteiger charge is -2.35. The number of nitrogen functional groups attached to an aromatic ring is 1. The van der Waals surface area contributed by atoms with E-state index in [2.05, 4.69) is 21.4 Å². The van der Waals surface area contributed by atoms with Crippen LogP contribution in [-0.4, -0.2) is 83.1 Å². The van der Waals surface area contributed by atoms with Gasteiger partial charge in [0, 0.05) is 48.7 Å². The molecule has 0 saturated carbocycles. The lowest BCUT2D eigenvalue weighted by atomic mass is 10.0. The van der Waals surface area contributed by atoms with Crippen LogP contribution in [0, 0.1) is 11.6 Å². The van der Waals surface area contributed by atoms with Crippen molar-refractivity contribution in [3.8, 4) is 17.1 Å². The summed E-state index contributed by atoms with van der Waals surface area (Å²) in [4.78, 5) is 31.5. The maximum Gasteiger partial charge on any atom is 0.319 e. The number of likely N-dealkylation sites (tertiary alicyclic amines) is 1. The van der Waals surface area contributed by atoms with Gasteiger partial charge in [0.1, 0.15) is 23.8 Å². The number of nitrogens with two attached hydrogens (primary N) is 1. The third kappa shape index (κ3) is 5.04. The maximum atomic E-state index is 16.5. The first-order chi connectivity index (χ1) is 19.7. The number of hydrogen-bond acceptors (Lipinski definition) is 9. The normalized spacial score (nSPS) is 18.0. The topological polar surface area (TPSA) is 101 Å². The number of amides is 1. The minimum atomic E-state index is -0.695. The molecule has 4 aromatic rings. The molecule has 0 aliphatic carbocycles. The molecule has 2 N–H and O–H groups in total. The van der Waals surface area contributed by atoms with Gasteiger partial charge >= 0.3 is 6.01 Å². The maximum absolute atomic E-state index is 16.5. The van der Waals surface area contributed by atoms with Crippen molar-refractivity contribution in [2.24, 2.45) is 0 Å². The molecule has 1 amide bonds. The lowest BCUT2D eigenvalue weighted by Crippen LogP contribution is -2.48. The Bertz CT molecular complexity index is 1680. The SMILES string of the molecule is C=CC(=O)N1CCN(c2nc(OC[C@@H]3CCCN3C)nc3c(F)c(-c4ccc(F)c5sc(N)nc45)c(Cl)cc23)CC1. The highest BCUT2D eigenvalue weighted by Crippen LogP contribution is 2.42. The molecule has 2 aromatic heterocycles. The summed E-state index contributed by atoms with van der Waals surface area (Å²) in [6.07, 6.45) is 3.36. The van der Waals surface area contributed by atoms with Gasteiger partial charge in [-0.3, -0.25) is 4.79 Å². The largest absolute Gasteiger partial charge is 0.462 e. The van der Waals surface area contributed by atoms with Crippen LogP contribution < -0.4 is 15.4 Å². The summed E-state index contributed by atoms with van der Waals surface area (Å²) in [5.41, 5.74) is 6.47. The molecular weight excluding hydrogens is 572 g/mol. The van der Waals surface area contributed by atoms with E-state index in [1.165, 1.54) is 18.2 Å². The summed E-state index contributed by atoms with van der Waals surface area (Å²) in [7, 11) is 2.04. The average Bonchev–Trinajstić information content (AvgIpc) is 3.57. The molecule has 0 bridgehead atoms. The van der Waals surface area contributed by atoms with Crippen LogP contribution in [0.1, 0.15) is 12.8 Å². The van der Waals surface area contributed by atoms with Crippen molar-refractivity contribution < 1.29 is 18.3 Å². The molecule has 1 atom stereocenters. The number of carbonyl (C=O) groups excluding carboxylic acids is 1. The Kier molecular flexibility index (Phi) is 7.39. The Balaban J connectivity index is 1.47. The van der Waals surface area contributed by atoms with Gasteiger partial charge in [-0.15, -0.1) is 0 Å². The van der Waals surface area contributed by atoms with Crippen LogP contribution in [0.2, 0.25) is 5.02 Å². The van der Waals surface area contributed by atoms with Crippen molar-refractivity contribution in [3.05, 3.63) is 47.5 Å². The van der Waals surface area contributed by atoms with Crippen LogP contribution in [-0.2, 0) is 4.79 Å². The molecule has 2 aromatic carbocycles. The molecule has 9 nitrogen and oxygen atoms in total. The smallest absolute Gasteiger partial charge is 0.319 e. The van der Waals surface area contributed by atoms with Gasteiger partial charge in [-0.2, -0.15) is 9.97 Å². The van der Waals surface area contributed by atoms with Crippen molar-refractivity contribution >= 4 is 60.9 Å². The number of likely N-dealkylation sites (N-methyl/N-ethyl adjacent to an activating group) is 1. The van der Waals surface area contributed by atoms with E-state index in [1.54, 1.807) is 11.0 Å². The zero-order valence-electron chi connectivity index (χ0n) is 22.4. The Labute approximate surface area is 244 Å². The summed E-state index contributed by atoms with van der Waals surface area (Å²) in [5.74, 6) is -0.876. The third-order valence-electron chi connectivity index (χ3n) is 7.77. The highest BCUT2D eigenvalue weighted by atomic mass is 35.5. The van der Waals surface area contributed by atoms with Gasteiger partial charge in [-0.05, 0) is 50.7 Å². The molecule has 0 radical (unpaired) electrons. The standard InChI is InChI=1S/C28H28ClF2N7O2S/c1-3-20(39)37-9-11-38(12-10-37)26-17-13-18(29)21(16-6-7-19(30)25-24(16)33-27(32)41-25)22(31)23(17)34-28(35-26)40-14-15-5-4-8-36(15)2/h3,6-7,13,15H,1,4-5,8-12,14H2,2H3,(H2,32,33)/t15-/m0/s1. The number of carbonyl (C=O) groups is 1. The zero-order chi connectivity index (χ0) is 28.8. The van der Waals surface area contributed by atoms with Crippen LogP contribution in [0.25, 0.3) is 32.2 Å². The second-order valence-corrected chi connectivity index (χ2v) is 11.6. The summed E-state index contributed by atoms with van der Waals surface area (Å²) in [6.45, 7) is 6.75. The molecule has 41 heavy (non-hydrogen) atoms. The van der Waals surface area contributed by atoms with Crippen LogP contribution in [0.15, 0.2) is 30.9 Å². The van der Waals surface area contributed by atoms with Gasteiger partial charge in [-0.25, -0.2) is 13.8 Å². The number of thiazole rings is 1. The molecule has 2 saturated heterocycles. The number of fused-ring (bicyclic) bond motifs is 2. The monoisotopic (exact) mass is 599 g/mol. The fourth-order valence-electron chi connectivity index (χ4n) is 5.53. The number of piperazine rings is 1. The van der Waals surface area contributed by atoms with E-state index < -0.39 is 11.6 Å². The van der Waals surface area contributed by atoms with Crippen LogP contribution in [0.5, 0.6) is 6.01 Å². The van der Waals surface area contributed by atoms with E-state index in [0.29, 0.717) is 49.6 Å². The molecule has 13 heteroatoms. The van der Waals surface area contributed by atoms with E-state index in [9.17, 15) is 9.18 Å². The fraction of sp³-hybridized carbons (Fsp3) is 0.357. The van der Waals surface area contributed by atoms with Crippen molar-refractivity contribution in [3.63, 3.8) is 0 Å². The van der Waals surface area contributed by atoms with Crippen molar-refractivity contribution in [2.75, 3.05) is 57.0 Å². The number of halogens is 3. The summed E-state index contributed by atoms with van der Waals surface area (Å²) in [6, 6.07) is 4.56. The van der Waals surface area contributed by atoms with Gasteiger partial charge in [0.05, 0.1) is 15.2 Å². The molecule has 2 fully saturated rings. The minimum Gasteiger partial charge on any atom is -0.462 e. The van der Waals surface area contributed by atoms with E-state index in [0.717, 1.165) is 30.7 Å². The number of aromatic nitrogens is 3. The minimum absolute atomic E-state index is 0.0226. The number of ether oxygens (including phenoxy) is 1. The molecule has 214 valence electrons. The Morgan fingerprint density at radius 1 is 1.20 bits per heavy atom.